The first-order chi connectivity index (χ1) is 4.46. The lowest BCUT2D eigenvalue weighted by Crippen LogP contribution is -2.38. The van der Waals surface area contributed by atoms with Gasteiger partial charge in [-0.05, 0) is 11.8 Å². The van der Waals surface area contributed by atoms with E-state index in [9.17, 15) is 4.79 Å². The second kappa shape index (κ2) is 3.56. The van der Waals surface area contributed by atoms with Gasteiger partial charge in [0.05, 0.1) is 0 Å². The monoisotopic (exact) mass is 145 g/mol. The molecule has 0 aliphatic rings. The predicted octanol–water partition coefficient (Wildman–Crippen LogP) is 0.690. The second-order valence-corrected chi connectivity index (χ2v) is 2.97. The van der Waals surface area contributed by atoms with Gasteiger partial charge in [-0.1, -0.05) is 20.8 Å². The summed E-state index contributed by atoms with van der Waals surface area (Å²) < 4.78 is 0. The van der Waals surface area contributed by atoms with Crippen molar-refractivity contribution in [2.45, 2.75) is 26.8 Å². The quantitative estimate of drug-likeness (QED) is 0.614. The lowest BCUT2D eigenvalue weighted by molar-refractivity contribution is -0.140. The third kappa shape index (κ3) is 2.35. The average Bonchev–Trinajstić information content (AvgIpc) is 1.84. The minimum Gasteiger partial charge on any atom is -0.480 e. The minimum absolute atomic E-state index is 0.0394. The van der Waals surface area contributed by atoms with Crippen LogP contribution < -0.4 is 5.73 Å². The predicted molar refractivity (Wildman–Crippen MR) is 39.6 cm³/mol. The maximum absolute atomic E-state index is 10.3. The van der Waals surface area contributed by atoms with Crippen molar-refractivity contribution in [3.8, 4) is 0 Å². The summed E-state index contributed by atoms with van der Waals surface area (Å²) in [7, 11) is 0. The van der Waals surface area contributed by atoms with E-state index in [1.807, 2.05) is 20.8 Å². The standard InChI is InChI=1S/C7H15NO2/c1-4(2)5(3)6(8)7(9)10/h4-6H,8H2,1-3H3,(H,9,10)/t5?,6-/m1/s1. The second-order valence-electron chi connectivity index (χ2n) is 2.97. The van der Waals surface area contributed by atoms with E-state index >= 15 is 0 Å². The highest BCUT2D eigenvalue weighted by Crippen LogP contribution is 2.12. The van der Waals surface area contributed by atoms with Crippen LogP contribution in [0.25, 0.3) is 0 Å². The number of carboxylic acid groups (broad SMARTS) is 1. The van der Waals surface area contributed by atoms with Gasteiger partial charge in [-0.25, -0.2) is 0 Å². The fourth-order valence-electron chi connectivity index (χ4n) is 0.640. The summed E-state index contributed by atoms with van der Waals surface area (Å²) in [6, 6.07) is -0.722. The molecule has 3 nitrogen and oxygen atoms in total. The largest absolute Gasteiger partial charge is 0.480 e. The van der Waals surface area contributed by atoms with Crippen molar-refractivity contribution in [2.75, 3.05) is 0 Å². The van der Waals surface area contributed by atoms with Crippen LogP contribution in [0.1, 0.15) is 20.8 Å². The zero-order valence-electron chi connectivity index (χ0n) is 6.66. The van der Waals surface area contributed by atoms with Gasteiger partial charge in [0.1, 0.15) is 6.04 Å². The normalized spacial score (nSPS) is 16.9. The molecule has 0 aliphatic heterocycles. The molecule has 60 valence electrons. The number of aliphatic carboxylic acids is 1. The number of carbonyl (C=O) groups is 1. The molecule has 0 aromatic carbocycles. The first-order valence-electron chi connectivity index (χ1n) is 3.45. The lowest BCUT2D eigenvalue weighted by atomic mass is 9.91. The minimum atomic E-state index is -0.916. The van der Waals surface area contributed by atoms with Gasteiger partial charge in [0.2, 0.25) is 0 Å². The van der Waals surface area contributed by atoms with Crippen molar-refractivity contribution >= 4 is 5.97 Å². The Hall–Kier alpha value is -0.570. The number of rotatable bonds is 3. The molecule has 0 amide bonds. The highest BCUT2D eigenvalue weighted by atomic mass is 16.4. The Bertz CT molecular complexity index is 123. The molecule has 10 heavy (non-hydrogen) atoms. The first-order valence-corrected chi connectivity index (χ1v) is 3.45. The molecule has 0 aromatic rings. The van der Waals surface area contributed by atoms with Gasteiger partial charge in [0.15, 0.2) is 0 Å². The Morgan fingerprint density at radius 1 is 1.40 bits per heavy atom. The number of nitrogens with two attached hydrogens (primary N) is 1. The maximum atomic E-state index is 10.3. The fourth-order valence-corrected chi connectivity index (χ4v) is 0.640. The molecule has 0 saturated heterocycles. The van der Waals surface area contributed by atoms with Crippen molar-refractivity contribution in [1.82, 2.24) is 0 Å². The van der Waals surface area contributed by atoms with Crippen molar-refractivity contribution in [2.24, 2.45) is 17.6 Å². The van der Waals surface area contributed by atoms with Gasteiger partial charge in [0, 0.05) is 0 Å². The van der Waals surface area contributed by atoms with Crippen molar-refractivity contribution in [3.63, 3.8) is 0 Å². The van der Waals surface area contributed by atoms with E-state index in [0.29, 0.717) is 5.92 Å². The van der Waals surface area contributed by atoms with Crippen LogP contribution in [0.4, 0.5) is 0 Å². The molecule has 3 heteroatoms. The molecule has 0 heterocycles. The molecule has 0 fully saturated rings. The maximum Gasteiger partial charge on any atom is 0.320 e. The van der Waals surface area contributed by atoms with Crippen molar-refractivity contribution < 1.29 is 9.90 Å². The smallest absolute Gasteiger partial charge is 0.320 e. The Kier molecular flexibility index (Phi) is 3.36. The summed E-state index contributed by atoms with van der Waals surface area (Å²) in [5.41, 5.74) is 5.36. The van der Waals surface area contributed by atoms with Crippen LogP contribution in [0.5, 0.6) is 0 Å². The van der Waals surface area contributed by atoms with E-state index in [1.165, 1.54) is 0 Å². The van der Waals surface area contributed by atoms with E-state index < -0.39 is 12.0 Å². The van der Waals surface area contributed by atoms with Gasteiger partial charge in [-0.15, -0.1) is 0 Å². The third-order valence-electron chi connectivity index (χ3n) is 1.90. The van der Waals surface area contributed by atoms with Crippen LogP contribution in [-0.2, 0) is 4.79 Å². The summed E-state index contributed by atoms with van der Waals surface area (Å²) in [5.74, 6) is -0.551. The van der Waals surface area contributed by atoms with E-state index in [1.54, 1.807) is 0 Å². The highest BCUT2D eigenvalue weighted by molar-refractivity contribution is 5.73. The summed E-state index contributed by atoms with van der Waals surface area (Å²) in [5, 5.41) is 8.48. The molecule has 0 spiro atoms. The molecular formula is C7H15NO2. The highest BCUT2D eigenvalue weighted by Gasteiger charge is 2.21. The Labute approximate surface area is 61.2 Å². The SMILES string of the molecule is CC(C)C(C)[C@@H](N)C(=O)O. The zero-order valence-corrected chi connectivity index (χ0v) is 6.66. The van der Waals surface area contributed by atoms with Crippen LogP contribution in [0.3, 0.4) is 0 Å². The topological polar surface area (TPSA) is 63.3 Å². The third-order valence-corrected chi connectivity index (χ3v) is 1.90. The van der Waals surface area contributed by atoms with Crippen LogP contribution in [0.2, 0.25) is 0 Å². The number of hydrogen-bond acceptors (Lipinski definition) is 2. The zero-order chi connectivity index (χ0) is 8.31. The Morgan fingerprint density at radius 2 is 1.80 bits per heavy atom. The summed E-state index contributed by atoms with van der Waals surface area (Å²) >= 11 is 0. The molecule has 0 saturated carbocycles. The van der Waals surface area contributed by atoms with Crippen LogP contribution in [0, 0.1) is 11.8 Å². The van der Waals surface area contributed by atoms with Gasteiger partial charge < -0.3 is 10.8 Å². The van der Waals surface area contributed by atoms with E-state index in [0.717, 1.165) is 0 Å². The van der Waals surface area contributed by atoms with Crippen LogP contribution in [0.15, 0.2) is 0 Å². The average molecular weight is 145 g/mol. The lowest BCUT2D eigenvalue weighted by Gasteiger charge is -2.18. The molecule has 1 unspecified atom stereocenters. The molecule has 0 rings (SSSR count). The first kappa shape index (κ1) is 9.43. The Balaban J connectivity index is 3.94. The van der Waals surface area contributed by atoms with Gasteiger partial charge in [-0.2, -0.15) is 0 Å². The molecule has 2 atom stereocenters. The van der Waals surface area contributed by atoms with Crippen LogP contribution in [-0.4, -0.2) is 17.1 Å². The Morgan fingerprint density at radius 3 is 1.90 bits per heavy atom. The van der Waals surface area contributed by atoms with Crippen LogP contribution >= 0.6 is 0 Å². The molecular weight excluding hydrogens is 130 g/mol. The van der Waals surface area contributed by atoms with E-state index in [2.05, 4.69) is 0 Å². The number of carboxylic acids is 1. The van der Waals surface area contributed by atoms with Gasteiger partial charge >= 0.3 is 5.97 Å². The summed E-state index contributed by atoms with van der Waals surface area (Å²) in [6.45, 7) is 5.78. The molecule has 0 aliphatic carbocycles. The van der Waals surface area contributed by atoms with Crippen molar-refractivity contribution in [1.29, 1.82) is 0 Å². The van der Waals surface area contributed by atoms with E-state index in [4.69, 9.17) is 10.8 Å². The molecule has 0 aromatic heterocycles. The molecule has 0 radical (unpaired) electrons. The van der Waals surface area contributed by atoms with E-state index in [-0.39, 0.29) is 5.92 Å². The summed E-state index contributed by atoms with van der Waals surface area (Å²) in [6.07, 6.45) is 0. The molecule has 3 N–H and O–H groups in total. The molecule has 0 bridgehead atoms. The summed E-state index contributed by atoms with van der Waals surface area (Å²) in [4.78, 5) is 10.3. The van der Waals surface area contributed by atoms with Gasteiger partial charge in [0.25, 0.3) is 0 Å². The number of hydrogen-bond donors (Lipinski definition) is 2. The van der Waals surface area contributed by atoms with Crippen molar-refractivity contribution in [3.05, 3.63) is 0 Å². The fraction of sp³-hybridized carbons (Fsp3) is 0.857. The van der Waals surface area contributed by atoms with Gasteiger partial charge in [-0.3, -0.25) is 4.79 Å².